The first-order chi connectivity index (χ1) is 11.0. The van der Waals surface area contributed by atoms with E-state index in [1.54, 1.807) is 0 Å². The molecule has 1 aliphatic heterocycles. The summed E-state index contributed by atoms with van der Waals surface area (Å²) in [5.41, 5.74) is -0.994. The van der Waals surface area contributed by atoms with E-state index in [2.05, 4.69) is 19.6 Å². The smallest absolute Gasteiger partial charge is 0.413 e. The third-order valence-electron chi connectivity index (χ3n) is 4.38. The molecule has 2 fully saturated rings. The Morgan fingerprint density at radius 3 is 2.16 bits per heavy atom. The number of amides is 1. The Kier molecular flexibility index (Phi) is 4.94. The van der Waals surface area contributed by atoms with Crippen molar-refractivity contribution in [2.75, 3.05) is 0 Å². The van der Waals surface area contributed by atoms with E-state index >= 15 is 0 Å². The van der Waals surface area contributed by atoms with E-state index in [0.717, 1.165) is 0 Å². The van der Waals surface area contributed by atoms with Crippen molar-refractivity contribution in [2.24, 2.45) is 5.41 Å². The van der Waals surface area contributed by atoms with Gasteiger partial charge in [0.25, 0.3) is 0 Å². The Morgan fingerprint density at radius 2 is 1.76 bits per heavy atom. The Labute approximate surface area is 157 Å². The van der Waals surface area contributed by atoms with Gasteiger partial charge in [0.15, 0.2) is 5.78 Å². The van der Waals surface area contributed by atoms with Crippen molar-refractivity contribution in [1.82, 2.24) is 4.90 Å². The number of ketones is 1. The minimum absolute atomic E-state index is 0.112. The van der Waals surface area contributed by atoms with Gasteiger partial charge in [-0.2, -0.15) is 0 Å². The third-order valence-corrected chi connectivity index (χ3v) is 6.75. The molecule has 0 spiro atoms. The number of hydrogen-bond donors (Lipinski definition) is 0. The van der Waals surface area contributed by atoms with Crippen molar-refractivity contribution < 1.29 is 19.1 Å². The first kappa shape index (κ1) is 20.7. The van der Waals surface area contributed by atoms with Crippen LogP contribution in [0.3, 0.4) is 0 Å². The first-order valence-electron chi connectivity index (χ1n) is 8.87. The summed E-state index contributed by atoms with van der Waals surface area (Å²) in [5.74, 6) is -0.112. The van der Waals surface area contributed by atoms with Crippen molar-refractivity contribution in [3.8, 4) is 0 Å². The minimum atomic E-state index is -1.59. The third kappa shape index (κ3) is 3.91. The van der Waals surface area contributed by atoms with Crippen molar-refractivity contribution in [2.45, 2.75) is 96.1 Å². The summed E-state index contributed by atoms with van der Waals surface area (Å²) >= 11 is 6.74. The molecule has 1 aliphatic carbocycles. The molecule has 0 bridgehead atoms. The number of carbonyl (C=O) groups is 2. The molecule has 4 atom stereocenters. The SMILES string of the molecule is CC(C)(C)OC(=O)N1[C@H]2C(=O)[C@@](Cl)(C[Si](C)(C)C)[C@H]2O[C@@H]1C(C)(C)C. The standard InChI is InChI=1S/C18H32ClNO4Si/c1-16(2,3)14-20(15(22)24-17(4,5)6)11-12(21)18(19,13(11)23-14)10-25(7,8)9/h11,13-14H,10H2,1-9H3/t11-,13-,14+,18-/m0/s1. The van der Waals surface area contributed by atoms with Gasteiger partial charge in [-0.1, -0.05) is 40.4 Å². The van der Waals surface area contributed by atoms with Crippen LogP contribution in [0.25, 0.3) is 0 Å². The molecule has 0 aromatic carbocycles. The van der Waals surface area contributed by atoms with Crippen LogP contribution in [0.15, 0.2) is 0 Å². The highest BCUT2D eigenvalue weighted by Gasteiger charge is 2.72. The van der Waals surface area contributed by atoms with Crippen molar-refractivity contribution in [1.29, 1.82) is 0 Å². The fourth-order valence-corrected chi connectivity index (χ4v) is 6.99. The maximum atomic E-state index is 13.0. The molecule has 1 saturated heterocycles. The molecular formula is C18H32ClNO4Si. The number of rotatable bonds is 2. The monoisotopic (exact) mass is 389 g/mol. The van der Waals surface area contributed by atoms with Crippen molar-refractivity contribution >= 4 is 31.6 Å². The quantitative estimate of drug-likeness (QED) is 0.523. The molecule has 7 heteroatoms. The topological polar surface area (TPSA) is 55.8 Å². The van der Waals surface area contributed by atoms with Crippen LogP contribution < -0.4 is 0 Å². The highest BCUT2D eigenvalue weighted by Crippen LogP contribution is 2.52. The van der Waals surface area contributed by atoms with E-state index in [-0.39, 0.29) is 11.2 Å². The molecule has 144 valence electrons. The summed E-state index contributed by atoms with van der Waals surface area (Å²) in [7, 11) is -1.59. The van der Waals surface area contributed by atoms with Crippen LogP contribution in [0.5, 0.6) is 0 Å². The van der Waals surface area contributed by atoms with E-state index in [0.29, 0.717) is 6.04 Å². The average molecular weight is 390 g/mol. The fourth-order valence-electron chi connectivity index (χ4n) is 3.59. The van der Waals surface area contributed by atoms with Crippen LogP contribution >= 0.6 is 11.6 Å². The lowest BCUT2D eigenvalue weighted by molar-refractivity contribution is -0.140. The van der Waals surface area contributed by atoms with Crippen LogP contribution in [-0.4, -0.2) is 53.7 Å². The Hall–Kier alpha value is -0.593. The zero-order valence-corrected chi connectivity index (χ0v) is 18.7. The number of nitrogens with zero attached hydrogens (tertiary/aromatic N) is 1. The highest BCUT2D eigenvalue weighted by atomic mass is 35.5. The number of alkyl halides is 1. The van der Waals surface area contributed by atoms with Gasteiger partial charge in [0.05, 0.1) is 0 Å². The second kappa shape index (κ2) is 5.96. The number of fused-ring (bicyclic) bond motifs is 1. The molecule has 25 heavy (non-hydrogen) atoms. The number of halogens is 1. The van der Waals surface area contributed by atoms with Crippen LogP contribution in [0.2, 0.25) is 25.7 Å². The number of ether oxygens (including phenoxy) is 2. The average Bonchev–Trinajstić information content (AvgIpc) is 2.72. The Bertz CT molecular complexity index is 575. The van der Waals surface area contributed by atoms with Crippen LogP contribution in [0.1, 0.15) is 41.5 Å². The largest absolute Gasteiger partial charge is 0.444 e. The molecule has 0 aromatic heterocycles. The van der Waals surface area contributed by atoms with E-state index < -0.39 is 43.0 Å². The number of hydrogen-bond acceptors (Lipinski definition) is 4. The zero-order chi connectivity index (χ0) is 19.6. The zero-order valence-electron chi connectivity index (χ0n) is 16.9. The summed E-state index contributed by atoms with van der Waals surface area (Å²) in [6.45, 7) is 17.9. The van der Waals surface area contributed by atoms with Gasteiger partial charge in [-0.3, -0.25) is 9.69 Å². The molecule has 0 radical (unpaired) electrons. The number of Topliss-reactive ketones (excluding diaryl/α,β-unsaturated/α-hetero) is 1. The number of carbonyl (C=O) groups excluding carboxylic acids is 2. The van der Waals surface area contributed by atoms with Gasteiger partial charge >= 0.3 is 6.09 Å². The van der Waals surface area contributed by atoms with Gasteiger partial charge < -0.3 is 9.47 Å². The Balaban J connectivity index is 2.34. The Morgan fingerprint density at radius 1 is 1.24 bits per heavy atom. The molecular weight excluding hydrogens is 358 g/mol. The van der Waals surface area contributed by atoms with E-state index in [1.165, 1.54) is 4.90 Å². The minimum Gasteiger partial charge on any atom is -0.444 e. The second-order valence-electron chi connectivity index (χ2n) is 10.6. The molecule has 2 aliphatic rings. The predicted molar refractivity (Wildman–Crippen MR) is 102 cm³/mol. The summed E-state index contributed by atoms with van der Waals surface area (Å²) in [6.07, 6.45) is -1.52. The van der Waals surface area contributed by atoms with E-state index in [9.17, 15) is 9.59 Å². The van der Waals surface area contributed by atoms with Crippen LogP contribution in [0.4, 0.5) is 4.79 Å². The fraction of sp³-hybridized carbons (Fsp3) is 0.889. The summed E-state index contributed by atoms with van der Waals surface area (Å²) < 4.78 is 11.7. The lowest BCUT2D eigenvalue weighted by atomic mass is 9.75. The normalized spacial score (nSPS) is 33.1. The van der Waals surface area contributed by atoms with E-state index in [1.807, 2.05) is 41.5 Å². The highest BCUT2D eigenvalue weighted by molar-refractivity contribution is 6.77. The molecule has 1 saturated carbocycles. The summed E-state index contributed by atoms with van der Waals surface area (Å²) in [6, 6.07) is -0.00598. The van der Waals surface area contributed by atoms with Crippen molar-refractivity contribution in [3.63, 3.8) is 0 Å². The maximum absolute atomic E-state index is 13.0. The molecule has 0 N–H and O–H groups in total. The van der Waals surface area contributed by atoms with Gasteiger partial charge in [-0.05, 0) is 26.8 Å². The second-order valence-corrected chi connectivity index (χ2v) is 16.7. The molecule has 5 nitrogen and oxygen atoms in total. The summed E-state index contributed by atoms with van der Waals surface area (Å²) in [4.78, 5) is 26.2. The maximum Gasteiger partial charge on any atom is 0.413 e. The van der Waals surface area contributed by atoms with Gasteiger partial charge in [-0.15, -0.1) is 11.6 Å². The van der Waals surface area contributed by atoms with Crippen LogP contribution in [-0.2, 0) is 14.3 Å². The van der Waals surface area contributed by atoms with Crippen LogP contribution in [0, 0.1) is 5.41 Å². The molecule has 1 amide bonds. The lowest BCUT2D eigenvalue weighted by Crippen LogP contribution is -2.71. The molecule has 1 heterocycles. The van der Waals surface area contributed by atoms with E-state index in [4.69, 9.17) is 21.1 Å². The lowest BCUT2D eigenvalue weighted by Gasteiger charge is -2.48. The molecule has 0 unspecified atom stereocenters. The van der Waals surface area contributed by atoms with Gasteiger partial charge in [0, 0.05) is 13.5 Å². The predicted octanol–water partition coefficient (Wildman–Crippen LogP) is 4.26. The molecule has 2 rings (SSSR count). The van der Waals surface area contributed by atoms with Gasteiger partial charge in [-0.25, -0.2) is 4.79 Å². The summed E-state index contributed by atoms with van der Waals surface area (Å²) in [5, 5.41) is 0. The van der Waals surface area contributed by atoms with Gasteiger partial charge in [0.1, 0.15) is 28.8 Å². The first-order valence-corrected chi connectivity index (χ1v) is 13.0. The molecule has 0 aromatic rings. The van der Waals surface area contributed by atoms with Gasteiger partial charge in [0.2, 0.25) is 0 Å². The van der Waals surface area contributed by atoms with Crippen molar-refractivity contribution in [3.05, 3.63) is 0 Å².